The zero-order valence-corrected chi connectivity index (χ0v) is 22.6. The molecule has 1 N–H and O–H groups in total. The SMILES string of the molecule is CCCCCCCCCCCCCCCC(=O)OCC(CO)OC(=O)CCCCCCCCC. The second-order valence-electron chi connectivity index (χ2n) is 9.84. The van der Waals surface area contributed by atoms with E-state index in [2.05, 4.69) is 13.8 Å². The van der Waals surface area contributed by atoms with Gasteiger partial charge in [-0.15, -0.1) is 0 Å². The van der Waals surface area contributed by atoms with Crippen molar-refractivity contribution in [2.45, 2.75) is 161 Å². The van der Waals surface area contributed by atoms with Crippen LogP contribution in [-0.4, -0.2) is 36.4 Å². The van der Waals surface area contributed by atoms with Gasteiger partial charge in [0.25, 0.3) is 0 Å². The second-order valence-corrected chi connectivity index (χ2v) is 9.84. The number of unbranched alkanes of at least 4 members (excludes halogenated alkanes) is 18. The minimum atomic E-state index is -0.757. The Kier molecular flexibility index (Phi) is 25.6. The Morgan fingerprint density at radius 2 is 0.912 bits per heavy atom. The van der Waals surface area contributed by atoms with Crippen molar-refractivity contribution in [2.24, 2.45) is 0 Å². The molecule has 5 nitrogen and oxygen atoms in total. The number of rotatable bonds is 26. The highest BCUT2D eigenvalue weighted by atomic mass is 16.6. The molecule has 0 fully saturated rings. The van der Waals surface area contributed by atoms with Gasteiger partial charge in [0.2, 0.25) is 0 Å². The van der Waals surface area contributed by atoms with Crippen LogP contribution in [0.2, 0.25) is 0 Å². The van der Waals surface area contributed by atoms with E-state index in [0.717, 1.165) is 32.1 Å². The van der Waals surface area contributed by atoms with Gasteiger partial charge in [0, 0.05) is 12.8 Å². The third-order valence-corrected chi connectivity index (χ3v) is 6.40. The molecule has 0 bridgehead atoms. The number of hydrogen-bond donors (Lipinski definition) is 1. The first-order valence-corrected chi connectivity index (χ1v) is 14.6. The van der Waals surface area contributed by atoms with Crippen molar-refractivity contribution in [3.63, 3.8) is 0 Å². The van der Waals surface area contributed by atoms with Gasteiger partial charge < -0.3 is 14.6 Å². The molecule has 0 saturated carbocycles. The van der Waals surface area contributed by atoms with Crippen LogP contribution >= 0.6 is 0 Å². The summed E-state index contributed by atoms with van der Waals surface area (Å²) in [6.07, 6.45) is 24.5. The molecule has 0 heterocycles. The molecule has 0 aromatic heterocycles. The van der Waals surface area contributed by atoms with E-state index in [4.69, 9.17) is 9.47 Å². The molecule has 0 radical (unpaired) electrons. The Morgan fingerprint density at radius 3 is 1.29 bits per heavy atom. The van der Waals surface area contributed by atoms with E-state index in [-0.39, 0.29) is 25.2 Å². The largest absolute Gasteiger partial charge is 0.462 e. The summed E-state index contributed by atoms with van der Waals surface area (Å²) in [6.45, 7) is 4.07. The summed E-state index contributed by atoms with van der Waals surface area (Å²) in [5, 5.41) is 9.41. The third kappa shape index (κ3) is 24.0. The Bertz CT molecular complexity index is 452. The smallest absolute Gasteiger partial charge is 0.306 e. The van der Waals surface area contributed by atoms with E-state index < -0.39 is 6.10 Å². The normalized spacial score (nSPS) is 12.0. The molecule has 0 amide bonds. The summed E-state index contributed by atoms with van der Waals surface area (Å²) in [5.74, 6) is -0.593. The van der Waals surface area contributed by atoms with Gasteiger partial charge >= 0.3 is 11.9 Å². The lowest BCUT2D eigenvalue weighted by atomic mass is 10.0. The highest BCUT2D eigenvalue weighted by molar-refractivity contribution is 5.70. The third-order valence-electron chi connectivity index (χ3n) is 6.40. The van der Waals surface area contributed by atoms with Crippen LogP contribution in [0.3, 0.4) is 0 Å². The molecule has 0 aromatic carbocycles. The highest BCUT2D eigenvalue weighted by Crippen LogP contribution is 2.13. The average Bonchev–Trinajstić information content (AvgIpc) is 2.84. The van der Waals surface area contributed by atoms with Crippen LogP contribution in [0.4, 0.5) is 0 Å². The van der Waals surface area contributed by atoms with Gasteiger partial charge in [-0.1, -0.05) is 129 Å². The molecule has 5 heteroatoms. The van der Waals surface area contributed by atoms with Gasteiger partial charge in [0.05, 0.1) is 6.61 Å². The van der Waals surface area contributed by atoms with E-state index >= 15 is 0 Å². The van der Waals surface area contributed by atoms with E-state index in [9.17, 15) is 14.7 Å². The van der Waals surface area contributed by atoms with Gasteiger partial charge in [-0.2, -0.15) is 0 Å². The van der Waals surface area contributed by atoms with Crippen molar-refractivity contribution in [2.75, 3.05) is 13.2 Å². The number of carbonyl (C=O) groups excluding carboxylic acids is 2. The van der Waals surface area contributed by atoms with Gasteiger partial charge in [0.15, 0.2) is 6.10 Å². The van der Waals surface area contributed by atoms with Crippen molar-refractivity contribution in [1.82, 2.24) is 0 Å². The maximum Gasteiger partial charge on any atom is 0.306 e. The maximum absolute atomic E-state index is 11.9. The van der Waals surface area contributed by atoms with E-state index in [0.29, 0.717) is 12.8 Å². The average molecular weight is 485 g/mol. The lowest BCUT2D eigenvalue weighted by Crippen LogP contribution is -2.28. The predicted molar refractivity (Wildman–Crippen MR) is 141 cm³/mol. The predicted octanol–water partition coefficient (Wildman–Crippen LogP) is 8.06. The van der Waals surface area contributed by atoms with Gasteiger partial charge in [0.1, 0.15) is 6.61 Å². The molecule has 34 heavy (non-hydrogen) atoms. The first-order chi connectivity index (χ1) is 16.6. The highest BCUT2D eigenvalue weighted by Gasteiger charge is 2.16. The van der Waals surface area contributed by atoms with Crippen LogP contribution in [-0.2, 0) is 19.1 Å². The van der Waals surface area contributed by atoms with Crippen molar-refractivity contribution in [3.8, 4) is 0 Å². The summed E-state index contributed by atoms with van der Waals surface area (Å²) < 4.78 is 10.5. The van der Waals surface area contributed by atoms with Crippen LogP contribution in [0, 0.1) is 0 Å². The lowest BCUT2D eigenvalue weighted by molar-refractivity contribution is -0.161. The zero-order valence-electron chi connectivity index (χ0n) is 22.6. The Morgan fingerprint density at radius 1 is 0.559 bits per heavy atom. The first-order valence-electron chi connectivity index (χ1n) is 14.6. The number of ether oxygens (including phenoxy) is 2. The monoisotopic (exact) mass is 484 g/mol. The summed E-state index contributed by atoms with van der Waals surface area (Å²) in [7, 11) is 0. The quantitative estimate of drug-likeness (QED) is 0.0992. The standard InChI is InChI=1S/C29H56O5/c1-3-5-7-9-11-12-13-14-15-16-18-19-21-23-28(31)33-26-27(25-30)34-29(32)24-22-20-17-10-8-6-4-2/h27,30H,3-26H2,1-2H3. The first kappa shape index (κ1) is 32.9. The van der Waals surface area contributed by atoms with Crippen molar-refractivity contribution >= 4 is 11.9 Å². The van der Waals surface area contributed by atoms with Crippen molar-refractivity contribution < 1.29 is 24.2 Å². The fourth-order valence-electron chi connectivity index (χ4n) is 4.14. The minimum Gasteiger partial charge on any atom is -0.462 e. The van der Waals surface area contributed by atoms with Gasteiger partial charge in [-0.05, 0) is 12.8 Å². The minimum absolute atomic E-state index is 0.0590. The Hall–Kier alpha value is -1.10. The number of aliphatic hydroxyl groups excluding tert-OH is 1. The summed E-state index contributed by atoms with van der Waals surface area (Å²) in [5.41, 5.74) is 0. The molecular formula is C29H56O5. The fourth-order valence-corrected chi connectivity index (χ4v) is 4.14. The van der Waals surface area contributed by atoms with Gasteiger partial charge in [-0.3, -0.25) is 9.59 Å². The van der Waals surface area contributed by atoms with Crippen LogP contribution in [0.15, 0.2) is 0 Å². The van der Waals surface area contributed by atoms with Crippen molar-refractivity contribution in [1.29, 1.82) is 0 Å². The molecular weight excluding hydrogens is 428 g/mol. The summed E-state index contributed by atoms with van der Waals surface area (Å²) in [6, 6.07) is 0. The molecule has 0 aliphatic carbocycles. The number of esters is 2. The zero-order chi connectivity index (χ0) is 25.1. The summed E-state index contributed by atoms with van der Waals surface area (Å²) >= 11 is 0. The second kappa shape index (κ2) is 26.5. The lowest BCUT2D eigenvalue weighted by Gasteiger charge is -2.15. The molecule has 0 saturated heterocycles. The number of carbonyl (C=O) groups is 2. The van der Waals surface area contributed by atoms with E-state index in [1.165, 1.54) is 96.3 Å². The number of aliphatic hydroxyl groups is 1. The fraction of sp³-hybridized carbons (Fsp3) is 0.931. The maximum atomic E-state index is 11.9. The summed E-state index contributed by atoms with van der Waals surface area (Å²) in [4.78, 5) is 23.9. The Labute approximate surface area is 210 Å². The van der Waals surface area contributed by atoms with Gasteiger partial charge in [-0.25, -0.2) is 0 Å². The van der Waals surface area contributed by atoms with Crippen LogP contribution in [0.5, 0.6) is 0 Å². The van der Waals surface area contributed by atoms with E-state index in [1.807, 2.05) is 0 Å². The van der Waals surface area contributed by atoms with Crippen LogP contribution in [0.1, 0.15) is 155 Å². The Balaban J connectivity index is 3.55. The molecule has 0 rings (SSSR count). The topological polar surface area (TPSA) is 72.8 Å². The van der Waals surface area contributed by atoms with Crippen LogP contribution < -0.4 is 0 Å². The molecule has 1 atom stereocenters. The number of hydrogen-bond acceptors (Lipinski definition) is 5. The van der Waals surface area contributed by atoms with Crippen LogP contribution in [0.25, 0.3) is 0 Å². The molecule has 0 aliphatic heterocycles. The van der Waals surface area contributed by atoms with Crippen molar-refractivity contribution in [3.05, 3.63) is 0 Å². The molecule has 0 aliphatic rings. The van der Waals surface area contributed by atoms with E-state index in [1.54, 1.807) is 0 Å². The molecule has 0 aromatic rings. The molecule has 1 unspecified atom stereocenters. The molecule has 0 spiro atoms. The molecule has 202 valence electrons.